The summed E-state index contributed by atoms with van der Waals surface area (Å²) in [7, 11) is 0. The van der Waals surface area contributed by atoms with Crippen LogP contribution in [0.3, 0.4) is 0 Å². The Bertz CT molecular complexity index is 337. The van der Waals surface area contributed by atoms with E-state index in [4.69, 9.17) is 10.5 Å². The lowest BCUT2D eigenvalue weighted by Crippen LogP contribution is -2.43. The molecule has 2 atom stereocenters. The number of nitrogens with two attached hydrogens (primary N) is 1. The zero-order chi connectivity index (χ0) is 11.5. The molecular formula is C12H19N3O. The standard InChI is InChI=1S/C12H19N3O/c1-9-8-16-6-5-15(9)11-3-4-12(10(2)13)14-7-11/h3-4,7,9-10H,5-6,8,13H2,1-2H3. The van der Waals surface area contributed by atoms with Crippen molar-refractivity contribution in [1.29, 1.82) is 0 Å². The highest BCUT2D eigenvalue weighted by molar-refractivity contribution is 5.46. The highest BCUT2D eigenvalue weighted by atomic mass is 16.5. The van der Waals surface area contributed by atoms with Crippen molar-refractivity contribution in [1.82, 2.24) is 4.98 Å². The molecular weight excluding hydrogens is 202 g/mol. The lowest BCUT2D eigenvalue weighted by Gasteiger charge is -2.35. The molecule has 88 valence electrons. The lowest BCUT2D eigenvalue weighted by molar-refractivity contribution is 0.0989. The Hall–Kier alpha value is -1.13. The van der Waals surface area contributed by atoms with Gasteiger partial charge in [0, 0.05) is 18.6 Å². The maximum absolute atomic E-state index is 5.77. The second kappa shape index (κ2) is 4.80. The van der Waals surface area contributed by atoms with E-state index < -0.39 is 0 Å². The summed E-state index contributed by atoms with van der Waals surface area (Å²) < 4.78 is 5.41. The molecule has 0 aromatic carbocycles. The van der Waals surface area contributed by atoms with E-state index in [1.54, 1.807) is 0 Å². The largest absolute Gasteiger partial charge is 0.377 e. The van der Waals surface area contributed by atoms with E-state index in [0.29, 0.717) is 6.04 Å². The van der Waals surface area contributed by atoms with Gasteiger partial charge in [-0.3, -0.25) is 4.98 Å². The Morgan fingerprint density at radius 2 is 2.38 bits per heavy atom. The number of anilines is 1. The molecule has 0 radical (unpaired) electrons. The smallest absolute Gasteiger partial charge is 0.0668 e. The summed E-state index contributed by atoms with van der Waals surface area (Å²) in [5.74, 6) is 0. The minimum absolute atomic E-state index is 0.00355. The second-order valence-electron chi connectivity index (χ2n) is 4.35. The van der Waals surface area contributed by atoms with Gasteiger partial charge < -0.3 is 15.4 Å². The Balaban J connectivity index is 2.14. The molecule has 0 aliphatic carbocycles. The molecule has 0 amide bonds. The van der Waals surface area contributed by atoms with Gasteiger partial charge in [-0.2, -0.15) is 0 Å². The van der Waals surface area contributed by atoms with E-state index in [1.165, 1.54) is 0 Å². The number of pyridine rings is 1. The van der Waals surface area contributed by atoms with Gasteiger partial charge in [0.1, 0.15) is 0 Å². The quantitative estimate of drug-likeness (QED) is 0.818. The van der Waals surface area contributed by atoms with E-state index in [1.807, 2.05) is 19.2 Å². The van der Waals surface area contributed by atoms with Crippen LogP contribution < -0.4 is 10.6 Å². The van der Waals surface area contributed by atoms with E-state index in [-0.39, 0.29) is 6.04 Å². The third-order valence-electron chi connectivity index (χ3n) is 2.94. The molecule has 4 heteroatoms. The molecule has 0 bridgehead atoms. The Morgan fingerprint density at radius 3 is 2.94 bits per heavy atom. The Kier molecular flexibility index (Phi) is 3.41. The SMILES string of the molecule is CC(N)c1ccc(N2CCOCC2C)cn1. The van der Waals surface area contributed by atoms with Crippen LogP contribution in [0.15, 0.2) is 18.3 Å². The number of hydrogen-bond acceptors (Lipinski definition) is 4. The summed E-state index contributed by atoms with van der Waals surface area (Å²) >= 11 is 0. The molecule has 1 aromatic heterocycles. The van der Waals surface area contributed by atoms with Crippen LogP contribution >= 0.6 is 0 Å². The Morgan fingerprint density at radius 1 is 1.56 bits per heavy atom. The molecule has 2 heterocycles. The van der Waals surface area contributed by atoms with Crippen molar-refractivity contribution < 1.29 is 4.74 Å². The van der Waals surface area contributed by atoms with Gasteiger partial charge in [-0.15, -0.1) is 0 Å². The first-order chi connectivity index (χ1) is 7.68. The molecule has 1 aliphatic heterocycles. The van der Waals surface area contributed by atoms with Crippen LogP contribution in [-0.2, 0) is 4.74 Å². The first-order valence-electron chi connectivity index (χ1n) is 5.74. The molecule has 16 heavy (non-hydrogen) atoms. The first-order valence-corrected chi connectivity index (χ1v) is 5.74. The monoisotopic (exact) mass is 221 g/mol. The number of rotatable bonds is 2. The maximum atomic E-state index is 5.77. The van der Waals surface area contributed by atoms with E-state index in [9.17, 15) is 0 Å². The van der Waals surface area contributed by atoms with Crippen molar-refractivity contribution in [3.63, 3.8) is 0 Å². The maximum Gasteiger partial charge on any atom is 0.0668 e. The zero-order valence-electron chi connectivity index (χ0n) is 9.89. The van der Waals surface area contributed by atoms with E-state index in [2.05, 4.69) is 22.9 Å². The van der Waals surface area contributed by atoms with Gasteiger partial charge >= 0.3 is 0 Å². The molecule has 2 rings (SSSR count). The van der Waals surface area contributed by atoms with Gasteiger partial charge in [-0.25, -0.2) is 0 Å². The Labute approximate surface area is 96.4 Å². The topological polar surface area (TPSA) is 51.4 Å². The summed E-state index contributed by atoms with van der Waals surface area (Å²) in [6.07, 6.45) is 1.90. The fraction of sp³-hybridized carbons (Fsp3) is 0.583. The molecule has 1 saturated heterocycles. The van der Waals surface area contributed by atoms with Crippen molar-refractivity contribution in [3.8, 4) is 0 Å². The predicted molar refractivity (Wildman–Crippen MR) is 64.5 cm³/mol. The average molecular weight is 221 g/mol. The minimum Gasteiger partial charge on any atom is -0.377 e. The fourth-order valence-electron chi connectivity index (χ4n) is 1.95. The first kappa shape index (κ1) is 11.4. The zero-order valence-corrected chi connectivity index (χ0v) is 9.89. The van der Waals surface area contributed by atoms with Crippen molar-refractivity contribution in [2.45, 2.75) is 25.9 Å². The molecule has 1 fully saturated rings. The summed E-state index contributed by atoms with van der Waals surface area (Å²) in [5, 5.41) is 0. The molecule has 2 unspecified atom stereocenters. The number of hydrogen-bond donors (Lipinski definition) is 1. The molecule has 0 spiro atoms. The fourth-order valence-corrected chi connectivity index (χ4v) is 1.95. The minimum atomic E-state index is -0.00355. The number of morpholine rings is 1. The van der Waals surface area contributed by atoms with Gasteiger partial charge in [0.15, 0.2) is 0 Å². The summed E-state index contributed by atoms with van der Waals surface area (Å²) in [4.78, 5) is 6.70. The van der Waals surface area contributed by atoms with Crippen molar-refractivity contribution in [2.75, 3.05) is 24.7 Å². The molecule has 0 saturated carbocycles. The van der Waals surface area contributed by atoms with Crippen molar-refractivity contribution >= 4 is 5.69 Å². The molecule has 1 aromatic rings. The van der Waals surface area contributed by atoms with Crippen LogP contribution in [0.1, 0.15) is 25.6 Å². The van der Waals surface area contributed by atoms with Crippen LogP contribution in [0.5, 0.6) is 0 Å². The van der Waals surface area contributed by atoms with E-state index in [0.717, 1.165) is 31.1 Å². The van der Waals surface area contributed by atoms with E-state index >= 15 is 0 Å². The van der Waals surface area contributed by atoms with Crippen LogP contribution in [-0.4, -0.2) is 30.8 Å². The number of aromatic nitrogens is 1. The van der Waals surface area contributed by atoms with Crippen molar-refractivity contribution in [2.24, 2.45) is 5.73 Å². The van der Waals surface area contributed by atoms with Crippen LogP contribution in [0, 0.1) is 0 Å². The highest BCUT2D eigenvalue weighted by Crippen LogP contribution is 2.19. The van der Waals surface area contributed by atoms with Crippen LogP contribution in [0.2, 0.25) is 0 Å². The molecule has 4 nitrogen and oxygen atoms in total. The summed E-state index contributed by atoms with van der Waals surface area (Å²) in [6.45, 7) is 6.62. The molecule has 2 N–H and O–H groups in total. The second-order valence-corrected chi connectivity index (χ2v) is 4.35. The van der Waals surface area contributed by atoms with Gasteiger partial charge in [0.25, 0.3) is 0 Å². The third-order valence-corrected chi connectivity index (χ3v) is 2.94. The summed E-state index contributed by atoms with van der Waals surface area (Å²) in [5.41, 5.74) is 7.86. The molecule has 1 aliphatic rings. The predicted octanol–water partition coefficient (Wildman–Crippen LogP) is 1.33. The average Bonchev–Trinajstić information content (AvgIpc) is 2.30. The highest BCUT2D eigenvalue weighted by Gasteiger charge is 2.19. The lowest BCUT2D eigenvalue weighted by atomic mass is 10.2. The van der Waals surface area contributed by atoms with Gasteiger partial charge in [-0.05, 0) is 26.0 Å². The summed E-state index contributed by atoms with van der Waals surface area (Å²) in [6, 6.07) is 4.50. The number of nitrogens with zero attached hydrogens (tertiary/aromatic N) is 2. The van der Waals surface area contributed by atoms with Gasteiger partial charge in [-0.1, -0.05) is 0 Å². The third kappa shape index (κ3) is 2.33. The van der Waals surface area contributed by atoms with Crippen molar-refractivity contribution in [3.05, 3.63) is 24.0 Å². The van der Waals surface area contributed by atoms with Gasteiger partial charge in [0.2, 0.25) is 0 Å². The van der Waals surface area contributed by atoms with Gasteiger partial charge in [0.05, 0.1) is 30.8 Å². The van der Waals surface area contributed by atoms with Crippen LogP contribution in [0.4, 0.5) is 5.69 Å². The number of ether oxygens (including phenoxy) is 1. The normalized spacial score (nSPS) is 23.2. The van der Waals surface area contributed by atoms with Crippen LogP contribution in [0.25, 0.3) is 0 Å².